The number of benzene rings is 1. The first kappa shape index (κ1) is 40.4. The van der Waals surface area contributed by atoms with Crippen LogP contribution in [0, 0.1) is 51.2 Å². The van der Waals surface area contributed by atoms with Gasteiger partial charge in [-0.05, 0) is 133 Å². The molecule has 1 aliphatic heterocycles. The van der Waals surface area contributed by atoms with E-state index < -0.39 is 27.9 Å². The molecule has 9 unspecified atom stereocenters. The van der Waals surface area contributed by atoms with Crippen molar-refractivity contribution in [3.8, 4) is 0 Å². The molecule has 1 saturated heterocycles. The molecule has 1 aromatic carbocycles. The van der Waals surface area contributed by atoms with Gasteiger partial charge in [-0.1, -0.05) is 52.8 Å². The quantitative estimate of drug-likeness (QED) is 0.212. The molecule has 5 aliphatic carbocycles. The lowest BCUT2D eigenvalue weighted by Crippen LogP contribution is -2.68. The topological polar surface area (TPSA) is 128 Å². The van der Waals surface area contributed by atoms with Gasteiger partial charge in [0.25, 0.3) is 0 Å². The van der Waals surface area contributed by atoms with Crippen molar-refractivity contribution in [3.05, 3.63) is 41.5 Å². The molecule has 1 aromatic rings. The molecule has 0 radical (unpaired) electrons. The van der Waals surface area contributed by atoms with E-state index in [0.29, 0.717) is 36.9 Å². The molecular weight excluding hydrogens is 717 g/mol. The van der Waals surface area contributed by atoms with Crippen LogP contribution < -0.4 is 5.32 Å². The van der Waals surface area contributed by atoms with Crippen LogP contribution in [0.1, 0.15) is 115 Å². The van der Waals surface area contributed by atoms with Crippen molar-refractivity contribution in [1.82, 2.24) is 10.2 Å². The Bertz CT molecular complexity index is 1790. The maximum Gasteiger partial charge on any atom is 0.516 e. The summed E-state index contributed by atoms with van der Waals surface area (Å²) in [5.74, 6) is 0.577. The molecule has 1 N–H and O–H groups in total. The molecule has 0 spiro atoms. The zero-order valence-electron chi connectivity index (χ0n) is 34.2. The molecule has 7 rings (SSSR count). The van der Waals surface area contributed by atoms with Crippen molar-refractivity contribution in [1.29, 1.82) is 0 Å². The second kappa shape index (κ2) is 14.6. The van der Waals surface area contributed by atoms with Crippen molar-refractivity contribution < 1.29 is 37.0 Å². The number of fused-ring (bicyclic) bond motifs is 7. The number of nitrogens with zero attached hydrogens (tertiary/aromatic N) is 1. The Morgan fingerprint density at radius 3 is 2.25 bits per heavy atom. The van der Waals surface area contributed by atoms with Gasteiger partial charge in [0.05, 0.1) is 36.7 Å². The Kier molecular flexibility index (Phi) is 10.7. The molecule has 11 heteroatoms. The molecule has 0 aromatic heterocycles. The van der Waals surface area contributed by atoms with Gasteiger partial charge in [-0.15, -0.1) is 0 Å². The third kappa shape index (κ3) is 6.69. The summed E-state index contributed by atoms with van der Waals surface area (Å²) in [7, 11) is -1.54. The first-order valence-electron chi connectivity index (χ1n) is 20.9. The van der Waals surface area contributed by atoms with E-state index >= 15 is 0 Å². The molecule has 304 valence electrons. The Hall–Kier alpha value is -2.76. The molecule has 1 heterocycles. The smallest absolute Gasteiger partial charge is 0.465 e. The molecule has 9 atom stereocenters. The number of methoxy groups -OCH3 is 1. The van der Waals surface area contributed by atoms with E-state index in [0.717, 1.165) is 64.5 Å². The maximum atomic E-state index is 13.9. The largest absolute Gasteiger partial charge is 0.516 e. The lowest BCUT2D eigenvalue weighted by Gasteiger charge is -2.72. The average molecular weight is 781 g/mol. The van der Waals surface area contributed by atoms with Crippen molar-refractivity contribution in [2.24, 2.45) is 51.2 Å². The van der Waals surface area contributed by atoms with E-state index in [1.165, 1.54) is 18.2 Å². The molecule has 4 saturated carbocycles. The van der Waals surface area contributed by atoms with Gasteiger partial charge >= 0.3 is 18.1 Å². The molecule has 0 bridgehead atoms. The van der Waals surface area contributed by atoms with Crippen LogP contribution in [0.25, 0.3) is 5.57 Å². The number of ether oxygens (including phenoxy) is 3. The third-order valence-electron chi connectivity index (χ3n) is 16.7. The van der Waals surface area contributed by atoms with Gasteiger partial charge in [0, 0.05) is 31.7 Å². The second-order valence-electron chi connectivity index (χ2n) is 19.1. The number of esters is 2. The summed E-state index contributed by atoms with van der Waals surface area (Å²) in [4.78, 5) is 40.8. The summed E-state index contributed by atoms with van der Waals surface area (Å²) in [6.07, 6.45) is 10.6. The minimum absolute atomic E-state index is 0.00831. The first-order chi connectivity index (χ1) is 25.9. The van der Waals surface area contributed by atoms with Gasteiger partial charge in [-0.2, -0.15) is 0 Å². The normalized spacial score (nSPS) is 39.0. The number of nitrogens with one attached hydrogen (secondary N) is 1. The van der Waals surface area contributed by atoms with E-state index in [1.54, 1.807) is 6.92 Å². The Morgan fingerprint density at radius 1 is 0.873 bits per heavy atom. The lowest BCUT2D eigenvalue weighted by atomic mass is 9.33. The van der Waals surface area contributed by atoms with Gasteiger partial charge in [0.15, 0.2) is 9.84 Å². The highest BCUT2D eigenvalue weighted by Gasteiger charge is 2.71. The van der Waals surface area contributed by atoms with Crippen molar-refractivity contribution >= 4 is 33.5 Å². The molecular formula is C44H64N2O8S. The second-order valence-corrected chi connectivity index (χ2v) is 21.4. The van der Waals surface area contributed by atoms with Gasteiger partial charge in [0.2, 0.25) is 0 Å². The SMILES string of the molecule is CCOC(=O)OC(=O)C1CCC2(NCCN3CCS(=O)(=O)CC3)CCC3(C)C(CCC4C5(C)CC=C(c6ccc(C(=O)OC)cc6)C(C)(C)C5CCC43C)C12. The predicted molar refractivity (Wildman–Crippen MR) is 212 cm³/mol. The van der Waals surface area contributed by atoms with Crippen LogP contribution in [0.2, 0.25) is 0 Å². The van der Waals surface area contributed by atoms with Crippen LogP contribution in [0.15, 0.2) is 30.3 Å². The molecule has 10 nitrogen and oxygen atoms in total. The molecule has 5 fully saturated rings. The van der Waals surface area contributed by atoms with E-state index in [1.807, 2.05) is 12.1 Å². The monoisotopic (exact) mass is 780 g/mol. The predicted octanol–water partition coefficient (Wildman–Crippen LogP) is 7.32. The van der Waals surface area contributed by atoms with Gasteiger partial charge in [0.1, 0.15) is 0 Å². The summed E-state index contributed by atoms with van der Waals surface area (Å²) in [6.45, 7) is 17.0. The number of hydrogen-bond donors (Lipinski definition) is 1. The van der Waals surface area contributed by atoms with E-state index in [9.17, 15) is 22.8 Å². The van der Waals surface area contributed by atoms with Crippen molar-refractivity contribution in [2.45, 2.75) is 105 Å². The highest BCUT2D eigenvalue weighted by molar-refractivity contribution is 7.91. The average Bonchev–Trinajstić information content (AvgIpc) is 3.52. The Labute approximate surface area is 328 Å². The zero-order chi connectivity index (χ0) is 39.6. The summed E-state index contributed by atoms with van der Waals surface area (Å²) < 4.78 is 39.6. The highest BCUT2D eigenvalue weighted by atomic mass is 32.2. The van der Waals surface area contributed by atoms with E-state index in [2.05, 4.69) is 63.0 Å². The third-order valence-corrected chi connectivity index (χ3v) is 18.3. The number of sulfone groups is 1. The number of hydrogen-bond acceptors (Lipinski definition) is 10. The van der Waals surface area contributed by atoms with Crippen LogP contribution in [0.3, 0.4) is 0 Å². The fourth-order valence-corrected chi connectivity index (χ4v) is 15.2. The maximum absolute atomic E-state index is 13.9. The molecule has 6 aliphatic rings. The minimum atomic E-state index is -2.95. The highest BCUT2D eigenvalue weighted by Crippen LogP contribution is 2.76. The fourth-order valence-electron chi connectivity index (χ4n) is 13.9. The fraction of sp³-hybridized carbons (Fsp3) is 0.750. The van der Waals surface area contributed by atoms with Gasteiger partial charge in [-0.3, -0.25) is 4.79 Å². The number of carbonyl (C=O) groups excluding carboxylic acids is 3. The standard InChI is InChI=1S/C44H64N2O8S/c1-8-53-39(49)54-38(48)31-15-20-44(45-23-24-46-25-27-55(50,51)28-26-46)22-21-42(5)33(36(31)44)13-14-35-41(4)18-16-32(29-9-11-30(12-10-29)37(47)52-7)40(2,3)34(41)17-19-43(35,42)6/h9-12,16,31,33-36,45H,8,13-15,17-28H2,1-7H3. The minimum Gasteiger partial charge on any atom is -0.465 e. The van der Waals surface area contributed by atoms with Gasteiger partial charge < -0.3 is 24.4 Å². The number of rotatable bonds is 8. The van der Waals surface area contributed by atoms with Gasteiger partial charge in [-0.25, -0.2) is 18.0 Å². The summed E-state index contributed by atoms with van der Waals surface area (Å²) in [5.41, 5.74) is 2.95. The van der Waals surface area contributed by atoms with E-state index in [4.69, 9.17) is 14.2 Å². The lowest BCUT2D eigenvalue weighted by molar-refractivity contribution is -0.221. The van der Waals surface area contributed by atoms with Crippen LogP contribution in [0.4, 0.5) is 4.79 Å². The zero-order valence-corrected chi connectivity index (χ0v) is 35.0. The van der Waals surface area contributed by atoms with E-state index in [-0.39, 0.29) is 63.1 Å². The van der Waals surface area contributed by atoms with Crippen molar-refractivity contribution in [2.75, 3.05) is 51.4 Å². The Balaban J connectivity index is 1.16. The summed E-state index contributed by atoms with van der Waals surface area (Å²) in [5, 5.41) is 4.01. The van der Waals surface area contributed by atoms with Crippen LogP contribution in [-0.4, -0.2) is 88.4 Å². The van der Waals surface area contributed by atoms with Crippen LogP contribution in [-0.2, 0) is 28.8 Å². The van der Waals surface area contributed by atoms with Crippen LogP contribution in [0.5, 0.6) is 0 Å². The summed E-state index contributed by atoms with van der Waals surface area (Å²) in [6, 6.07) is 7.91. The van der Waals surface area contributed by atoms with Crippen molar-refractivity contribution in [3.63, 3.8) is 0 Å². The number of carbonyl (C=O) groups is 3. The Morgan fingerprint density at radius 2 is 1.58 bits per heavy atom. The molecule has 55 heavy (non-hydrogen) atoms. The van der Waals surface area contributed by atoms with Crippen LogP contribution >= 0.6 is 0 Å². The summed E-state index contributed by atoms with van der Waals surface area (Å²) >= 11 is 0. The number of allylic oxidation sites excluding steroid dienone is 2. The first-order valence-corrected chi connectivity index (χ1v) is 22.7. The molecule has 0 amide bonds.